The van der Waals surface area contributed by atoms with Crippen LogP contribution in [0, 0.1) is 0 Å². The molecule has 33 heavy (non-hydrogen) atoms. The second kappa shape index (κ2) is 11.1. The Morgan fingerprint density at radius 1 is 0.909 bits per heavy atom. The van der Waals surface area contributed by atoms with Crippen molar-refractivity contribution in [3.8, 4) is 11.5 Å². The molecule has 0 radical (unpaired) electrons. The minimum atomic E-state index is -0.694. The monoisotopic (exact) mass is 464 g/mol. The first-order chi connectivity index (χ1) is 16.2. The largest absolute Gasteiger partial charge is 0.487 e. The third-order valence-corrected chi connectivity index (χ3v) is 4.79. The number of azo groups is 1. The number of ether oxygens (including phenoxy) is 3. The van der Waals surface area contributed by atoms with Crippen molar-refractivity contribution >= 4 is 34.8 Å². The number of halogens is 1. The second-order valence-corrected chi connectivity index (χ2v) is 7.21. The van der Waals surface area contributed by atoms with Gasteiger partial charge in [0.25, 0.3) is 0 Å². The van der Waals surface area contributed by atoms with E-state index in [1.54, 1.807) is 18.2 Å². The van der Waals surface area contributed by atoms with Crippen LogP contribution < -0.4 is 14.9 Å². The second-order valence-electron chi connectivity index (χ2n) is 6.94. The minimum absolute atomic E-state index is 0.0460. The minimum Gasteiger partial charge on any atom is -0.487 e. The molecule has 3 aromatic rings. The summed E-state index contributed by atoms with van der Waals surface area (Å²) in [4.78, 5) is 11.8. The summed E-state index contributed by atoms with van der Waals surface area (Å²) in [5.74, 6) is 0.551. The molecule has 168 valence electrons. The highest BCUT2D eigenvalue weighted by Gasteiger charge is 2.18. The van der Waals surface area contributed by atoms with Crippen LogP contribution in [0.15, 0.2) is 94.2 Å². The van der Waals surface area contributed by atoms with E-state index in [1.165, 1.54) is 0 Å². The predicted molar refractivity (Wildman–Crippen MR) is 126 cm³/mol. The van der Waals surface area contributed by atoms with Crippen molar-refractivity contribution < 1.29 is 19.0 Å². The third-order valence-electron chi connectivity index (χ3n) is 4.58. The van der Waals surface area contributed by atoms with Gasteiger partial charge in [0.15, 0.2) is 6.10 Å². The van der Waals surface area contributed by atoms with Crippen molar-refractivity contribution in [3.05, 3.63) is 84.4 Å². The summed E-state index contributed by atoms with van der Waals surface area (Å²) < 4.78 is 17.2. The van der Waals surface area contributed by atoms with Crippen LogP contribution in [-0.2, 0) is 9.53 Å². The van der Waals surface area contributed by atoms with Gasteiger partial charge in [0.05, 0.1) is 5.69 Å². The van der Waals surface area contributed by atoms with Gasteiger partial charge in [0, 0.05) is 5.56 Å². The molecule has 3 aromatic carbocycles. The Morgan fingerprint density at radius 3 is 2.36 bits per heavy atom. The lowest BCUT2D eigenvalue weighted by Gasteiger charge is -2.20. The van der Waals surface area contributed by atoms with Crippen LogP contribution in [0.4, 0.5) is 11.4 Å². The van der Waals surface area contributed by atoms with E-state index < -0.39 is 12.1 Å². The molecule has 9 heteroatoms. The lowest BCUT2D eigenvalue weighted by Crippen LogP contribution is -2.31. The summed E-state index contributed by atoms with van der Waals surface area (Å²) in [7, 11) is 0. The molecule has 0 fully saturated rings. The topological polar surface area (TPSA) is 93.9 Å². The van der Waals surface area contributed by atoms with E-state index in [2.05, 4.69) is 20.8 Å². The quantitative estimate of drug-likeness (QED) is 0.426. The summed E-state index contributed by atoms with van der Waals surface area (Å²) in [6.07, 6.45) is -0.694. The van der Waals surface area contributed by atoms with Crippen LogP contribution in [0.5, 0.6) is 11.5 Å². The lowest BCUT2D eigenvalue weighted by molar-refractivity contribution is -0.149. The standard InChI is InChI=1S/C24H21ClN4O4/c25-14-23(30)33-18-15-31-21-12-6-4-10-19(21)26-28-24(17-8-2-1-3-9-17)29-27-20-11-5-7-13-22(20)32-16-18/h1-13,18,26H,14-16H2. The number of carbonyl (C=O) groups is 1. The fourth-order valence-electron chi connectivity index (χ4n) is 2.99. The third kappa shape index (κ3) is 6.08. The van der Waals surface area contributed by atoms with E-state index in [9.17, 15) is 4.79 Å². The molecule has 1 atom stereocenters. The summed E-state index contributed by atoms with van der Waals surface area (Å²) in [5, 5.41) is 13.2. The first-order valence-corrected chi connectivity index (χ1v) is 10.8. The Labute approximate surface area is 195 Å². The maximum atomic E-state index is 11.8. The van der Waals surface area contributed by atoms with Crippen LogP contribution in [0.2, 0.25) is 0 Å². The Morgan fingerprint density at radius 2 is 1.58 bits per heavy atom. The molecule has 0 amide bonds. The van der Waals surface area contributed by atoms with Gasteiger partial charge in [-0.05, 0) is 24.3 Å². The van der Waals surface area contributed by atoms with Gasteiger partial charge in [-0.2, -0.15) is 5.10 Å². The van der Waals surface area contributed by atoms with E-state index in [1.807, 2.05) is 60.7 Å². The summed E-state index contributed by atoms with van der Waals surface area (Å²) in [5.41, 5.74) is 4.90. The fourth-order valence-corrected chi connectivity index (χ4v) is 3.05. The molecule has 4 rings (SSSR count). The zero-order valence-corrected chi connectivity index (χ0v) is 18.3. The molecular weight excluding hydrogens is 444 g/mol. The number of rotatable bonds is 3. The van der Waals surface area contributed by atoms with Gasteiger partial charge in [-0.15, -0.1) is 21.8 Å². The summed E-state index contributed by atoms with van der Waals surface area (Å²) in [6.45, 7) is 0.102. The molecule has 0 aromatic heterocycles. The molecule has 0 saturated heterocycles. The van der Waals surface area contributed by atoms with E-state index >= 15 is 0 Å². The van der Waals surface area contributed by atoms with Crippen molar-refractivity contribution in [1.29, 1.82) is 0 Å². The Hall–Kier alpha value is -3.91. The van der Waals surface area contributed by atoms with Crippen molar-refractivity contribution in [1.82, 2.24) is 0 Å². The molecule has 0 saturated carbocycles. The van der Waals surface area contributed by atoms with Crippen molar-refractivity contribution in [2.45, 2.75) is 6.10 Å². The molecule has 1 heterocycles. The summed E-state index contributed by atoms with van der Waals surface area (Å²) in [6, 6.07) is 23.9. The molecular formula is C24H21ClN4O4. The van der Waals surface area contributed by atoms with Crippen LogP contribution >= 0.6 is 11.6 Å². The van der Waals surface area contributed by atoms with Crippen molar-refractivity contribution in [3.63, 3.8) is 0 Å². The van der Waals surface area contributed by atoms with Crippen LogP contribution in [-0.4, -0.2) is 37.0 Å². The van der Waals surface area contributed by atoms with Gasteiger partial charge in [0.1, 0.15) is 36.3 Å². The zero-order valence-electron chi connectivity index (χ0n) is 17.6. The number of hydrogen-bond acceptors (Lipinski definition) is 8. The number of alkyl halides is 1. The number of para-hydroxylation sites is 3. The highest BCUT2D eigenvalue weighted by Crippen LogP contribution is 2.29. The number of nitrogens with zero attached hydrogens (tertiary/aromatic N) is 3. The van der Waals surface area contributed by atoms with Crippen molar-refractivity contribution in [2.24, 2.45) is 15.3 Å². The fraction of sp³-hybridized carbons (Fsp3) is 0.167. The molecule has 1 unspecified atom stereocenters. The van der Waals surface area contributed by atoms with Gasteiger partial charge in [0.2, 0.25) is 5.84 Å². The average molecular weight is 465 g/mol. The Bertz CT molecular complexity index is 1150. The predicted octanol–water partition coefficient (Wildman–Crippen LogP) is 5.17. The number of hydrogen-bond donors (Lipinski definition) is 1. The number of fused-ring (bicyclic) bond motifs is 2. The van der Waals surface area contributed by atoms with E-state index in [0.29, 0.717) is 28.7 Å². The van der Waals surface area contributed by atoms with Gasteiger partial charge >= 0.3 is 5.97 Å². The Kier molecular flexibility index (Phi) is 7.50. The maximum absolute atomic E-state index is 11.8. The maximum Gasteiger partial charge on any atom is 0.321 e. The number of nitrogens with one attached hydrogen (secondary N) is 1. The SMILES string of the molecule is O=C(CCl)OC1COc2ccccc2N=NC(c2ccccc2)=NNc2ccccc2OC1. The molecule has 1 aliphatic rings. The molecule has 0 aliphatic carbocycles. The normalized spacial score (nSPS) is 15.9. The number of amidine groups is 1. The van der Waals surface area contributed by atoms with Crippen LogP contribution in [0.25, 0.3) is 0 Å². The van der Waals surface area contributed by atoms with Gasteiger partial charge < -0.3 is 14.2 Å². The Balaban J connectivity index is 1.72. The van der Waals surface area contributed by atoms with Gasteiger partial charge in [-0.1, -0.05) is 54.6 Å². The first-order valence-electron chi connectivity index (χ1n) is 10.2. The van der Waals surface area contributed by atoms with Gasteiger partial charge in [-0.25, -0.2) is 0 Å². The summed E-state index contributed by atoms with van der Waals surface area (Å²) >= 11 is 5.61. The van der Waals surface area contributed by atoms with E-state index in [4.69, 9.17) is 25.8 Å². The average Bonchev–Trinajstić information content (AvgIpc) is 2.86. The molecule has 1 aliphatic heterocycles. The highest BCUT2D eigenvalue weighted by atomic mass is 35.5. The molecule has 8 nitrogen and oxygen atoms in total. The number of esters is 1. The smallest absolute Gasteiger partial charge is 0.321 e. The first kappa shape index (κ1) is 22.3. The number of anilines is 1. The number of benzene rings is 3. The van der Waals surface area contributed by atoms with Crippen LogP contribution in [0.1, 0.15) is 5.56 Å². The number of hydrazone groups is 1. The highest BCUT2D eigenvalue weighted by molar-refractivity contribution is 6.26. The molecule has 0 bridgehead atoms. The zero-order chi connectivity index (χ0) is 22.9. The van der Waals surface area contributed by atoms with Crippen LogP contribution in [0.3, 0.4) is 0 Å². The van der Waals surface area contributed by atoms with Crippen molar-refractivity contribution in [2.75, 3.05) is 24.5 Å². The molecule has 1 N–H and O–H groups in total. The molecule has 0 spiro atoms. The van der Waals surface area contributed by atoms with E-state index in [-0.39, 0.29) is 19.1 Å². The van der Waals surface area contributed by atoms with Gasteiger partial charge in [-0.3, -0.25) is 10.2 Å². The lowest BCUT2D eigenvalue weighted by atomic mass is 10.2. The number of carbonyl (C=O) groups excluding carboxylic acids is 1. The van der Waals surface area contributed by atoms with E-state index in [0.717, 1.165) is 5.56 Å².